The van der Waals surface area contributed by atoms with E-state index in [1.165, 1.54) is 11.3 Å². The molecule has 1 aliphatic heterocycles. The molecule has 180 valence electrons. The number of ether oxygens (including phenoxy) is 1. The van der Waals surface area contributed by atoms with Gasteiger partial charge in [-0.15, -0.1) is 11.3 Å². The molecule has 4 aromatic rings. The number of benzene rings is 2. The van der Waals surface area contributed by atoms with E-state index in [0.29, 0.717) is 42.6 Å². The second kappa shape index (κ2) is 10.4. The summed E-state index contributed by atoms with van der Waals surface area (Å²) in [6.45, 7) is 5.81. The summed E-state index contributed by atoms with van der Waals surface area (Å²) in [6, 6.07) is 19.2. The maximum absolute atomic E-state index is 12.9. The summed E-state index contributed by atoms with van der Waals surface area (Å²) in [6.07, 6.45) is 0. The molecule has 1 aliphatic rings. The molecular weight excluding hydrogens is 462 g/mol. The molecule has 2 N–H and O–H groups in total. The van der Waals surface area contributed by atoms with Crippen molar-refractivity contribution in [3.8, 4) is 0 Å². The standard InChI is InChI=1S/C26H27N5O3S/c1-18-22-15-23(35-26(22)31(29-18)16-19-5-3-2-4-6-19)25(33)28-21-9-7-20(8-10-21)27-24(32)17-30-11-13-34-14-12-30/h2-10,15H,11-14,16-17H2,1H3,(H,27,32)(H,28,33). The molecule has 0 bridgehead atoms. The van der Waals surface area contributed by atoms with Crippen LogP contribution in [0.3, 0.4) is 0 Å². The van der Waals surface area contributed by atoms with Crippen LogP contribution in [0.15, 0.2) is 60.7 Å². The van der Waals surface area contributed by atoms with Crippen molar-refractivity contribution >= 4 is 44.7 Å². The summed E-state index contributed by atoms with van der Waals surface area (Å²) >= 11 is 1.44. The van der Waals surface area contributed by atoms with Gasteiger partial charge in [0, 0.05) is 29.9 Å². The van der Waals surface area contributed by atoms with Gasteiger partial charge in [0.15, 0.2) is 0 Å². The van der Waals surface area contributed by atoms with Crippen molar-refractivity contribution in [2.45, 2.75) is 13.5 Å². The van der Waals surface area contributed by atoms with Crippen LogP contribution in [-0.2, 0) is 16.1 Å². The maximum atomic E-state index is 12.9. The minimum atomic E-state index is -0.166. The molecule has 9 heteroatoms. The molecule has 2 aromatic carbocycles. The number of rotatable bonds is 7. The average molecular weight is 490 g/mol. The summed E-state index contributed by atoms with van der Waals surface area (Å²) in [5.41, 5.74) is 3.43. The fourth-order valence-electron chi connectivity index (χ4n) is 4.08. The number of amides is 2. The zero-order chi connectivity index (χ0) is 24.2. The van der Waals surface area contributed by atoms with Crippen molar-refractivity contribution in [2.75, 3.05) is 43.5 Å². The van der Waals surface area contributed by atoms with E-state index in [-0.39, 0.29) is 11.8 Å². The summed E-state index contributed by atoms with van der Waals surface area (Å²) in [7, 11) is 0. The molecular formula is C26H27N5O3S. The molecule has 0 saturated carbocycles. The maximum Gasteiger partial charge on any atom is 0.265 e. The molecule has 1 fully saturated rings. The van der Waals surface area contributed by atoms with E-state index in [2.05, 4.69) is 32.8 Å². The average Bonchev–Trinajstić information content (AvgIpc) is 3.43. The van der Waals surface area contributed by atoms with E-state index >= 15 is 0 Å². The minimum Gasteiger partial charge on any atom is -0.379 e. The van der Waals surface area contributed by atoms with E-state index in [0.717, 1.165) is 34.6 Å². The van der Waals surface area contributed by atoms with Gasteiger partial charge < -0.3 is 15.4 Å². The lowest BCUT2D eigenvalue weighted by atomic mass is 10.2. The van der Waals surface area contributed by atoms with Crippen molar-refractivity contribution in [1.29, 1.82) is 0 Å². The van der Waals surface area contributed by atoms with Gasteiger partial charge >= 0.3 is 0 Å². The third-order valence-electron chi connectivity index (χ3n) is 5.90. The van der Waals surface area contributed by atoms with Crippen molar-refractivity contribution in [3.63, 3.8) is 0 Å². The third-order valence-corrected chi connectivity index (χ3v) is 7.05. The molecule has 0 radical (unpaired) electrons. The fraction of sp³-hybridized carbons (Fsp3) is 0.269. The number of aromatic nitrogens is 2. The smallest absolute Gasteiger partial charge is 0.265 e. The number of aryl methyl sites for hydroxylation is 1. The molecule has 35 heavy (non-hydrogen) atoms. The molecule has 8 nitrogen and oxygen atoms in total. The molecule has 2 aromatic heterocycles. The highest BCUT2D eigenvalue weighted by Gasteiger charge is 2.17. The summed E-state index contributed by atoms with van der Waals surface area (Å²) in [4.78, 5) is 28.9. The Hall–Kier alpha value is -3.53. The first-order valence-electron chi connectivity index (χ1n) is 11.6. The van der Waals surface area contributed by atoms with E-state index in [9.17, 15) is 9.59 Å². The predicted octanol–water partition coefficient (Wildman–Crippen LogP) is 3.98. The number of carbonyl (C=O) groups is 2. The largest absolute Gasteiger partial charge is 0.379 e. The van der Waals surface area contributed by atoms with Crippen molar-refractivity contribution in [2.24, 2.45) is 0 Å². The van der Waals surface area contributed by atoms with E-state index in [4.69, 9.17) is 4.74 Å². The summed E-state index contributed by atoms with van der Waals surface area (Å²) in [5, 5.41) is 11.5. The number of fused-ring (bicyclic) bond motifs is 1. The molecule has 3 heterocycles. The first-order valence-corrected chi connectivity index (χ1v) is 12.4. The number of hydrogen-bond donors (Lipinski definition) is 2. The molecule has 0 spiro atoms. The summed E-state index contributed by atoms with van der Waals surface area (Å²) in [5.74, 6) is -0.227. The molecule has 0 unspecified atom stereocenters. The zero-order valence-corrected chi connectivity index (χ0v) is 20.3. The van der Waals surface area contributed by atoms with Gasteiger partial charge in [0.2, 0.25) is 5.91 Å². The van der Waals surface area contributed by atoms with Gasteiger partial charge in [-0.25, -0.2) is 0 Å². The van der Waals surface area contributed by atoms with E-state index < -0.39 is 0 Å². The molecule has 2 amide bonds. The Kier molecular flexibility index (Phi) is 6.89. The van der Waals surface area contributed by atoms with Crippen molar-refractivity contribution < 1.29 is 14.3 Å². The Bertz CT molecular complexity index is 1320. The Morgan fingerprint density at radius 1 is 1.00 bits per heavy atom. The second-order valence-corrected chi connectivity index (χ2v) is 9.56. The number of thiophene rings is 1. The minimum absolute atomic E-state index is 0.0612. The van der Waals surface area contributed by atoms with Gasteiger partial charge in [-0.3, -0.25) is 19.2 Å². The lowest BCUT2D eigenvalue weighted by Crippen LogP contribution is -2.41. The number of morpholine rings is 1. The quantitative estimate of drug-likeness (QED) is 0.410. The third kappa shape index (κ3) is 5.59. The van der Waals surface area contributed by atoms with Crippen LogP contribution in [0.5, 0.6) is 0 Å². The van der Waals surface area contributed by atoms with Crippen LogP contribution in [0.25, 0.3) is 10.2 Å². The van der Waals surface area contributed by atoms with Gasteiger partial charge in [0.1, 0.15) is 4.83 Å². The van der Waals surface area contributed by atoms with Crippen molar-refractivity contribution in [1.82, 2.24) is 14.7 Å². The van der Waals surface area contributed by atoms with Crippen LogP contribution >= 0.6 is 11.3 Å². The first-order chi connectivity index (χ1) is 17.0. The van der Waals surface area contributed by atoms with Crippen LogP contribution in [0, 0.1) is 6.92 Å². The zero-order valence-electron chi connectivity index (χ0n) is 19.5. The number of nitrogens with zero attached hydrogens (tertiary/aromatic N) is 3. The normalized spacial score (nSPS) is 14.2. The van der Waals surface area contributed by atoms with Gasteiger partial charge in [-0.2, -0.15) is 5.10 Å². The Balaban J connectivity index is 1.22. The Morgan fingerprint density at radius 3 is 2.40 bits per heavy atom. The molecule has 5 rings (SSSR count). The van der Waals surface area contributed by atoms with Gasteiger partial charge in [0.05, 0.1) is 36.9 Å². The van der Waals surface area contributed by atoms with Crippen LogP contribution in [0.4, 0.5) is 11.4 Å². The lowest BCUT2D eigenvalue weighted by Gasteiger charge is -2.25. The molecule has 0 atom stereocenters. The first kappa shape index (κ1) is 23.2. The second-order valence-electron chi connectivity index (χ2n) is 8.53. The Labute approximate surface area is 207 Å². The van der Waals surface area contributed by atoms with E-state index in [1.54, 1.807) is 24.3 Å². The van der Waals surface area contributed by atoms with Crippen molar-refractivity contribution in [3.05, 3.63) is 76.8 Å². The molecule has 1 saturated heterocycles. The number of nitrogens with one attached hydrogen (secondary N) is 2. The van der Waals surface area contributed by atoms with Gasteiger partial charge in [0.25, 0.3) is 5.91 Å². The number of anilines is 2. The van der Waals surface area contributed by atoms with Crippen LogP contribution in [0.1, 0.15) is 20.9 Å². The fourth-order valence-corrected chi connectivity index (χ4v) is 5.14. The molecule has 0 aliphatic carbocycles. The number of hydrogen-bond acceptors (Lipinski definition) is 6. The lowest BCUT2D eigenvalue weighted by molar-refractivity contribution is -0.118. The monoisotopic (exact) mass is 489 g/mol. The van der Waals surface area contributed by atoms with E-state index in [1.807, 2.05) is 35.9 Å². The summed E-state index contributed by atoms with van der Waals surface area (Å²) < 4.78 is 7.27. The van der Waals surface area contributed by atoms with Crippen LogP contribution < -0.4 is 10.6 Å². The predicted molar refractivity (Wildman–Crippen MR) is 138 cm³/mol. The van der Waals surface area contributed by atoms with Crippen LogP contribution in [-0.4, -0.2) is 59.3 Å². The topological polar surface area (TPSA) is 88.5 Å². The Morgan fingerprint density at radius 2 is 1.69 bits per heavy atom. The van der Waals surface area contributed by atoms with Gasteiger partial charge in [-0.05, 0) is 42.8 Å². The highest BCUT2D eigenvalue weighted by molar-refractivity contribution is 7.20. The highest BCUT2D eigenvalue weighted by atomic mass is 32.1. The highest BCUT2D eigenvalue weighted by Crippen LogP contribution is 2.29. The van der Waals surface area contributed by atoms with Crippen LogP contribution in [0.2, 0.25) is 0 Å². The number of carbonyl (C=O) groups excluding carboxylic acids is 2. The SMILES string of the molecule is Cc1nn(Cc2ccccc2)c2sc(C(=O)Nc3ccc(NC(=O)CN4CCOCC4)cc3)cc12. The van der Waals surface area contributed by atoms with Gasteiger partial charge in [-0.1, -0.05) is 30.3 Å².